The minimum Gasteiger partial charge on any atom is -0.432 e. The summed E-state index contributed by atoms with van der Waals surface area (Å²) in [6.07, 6.45) is 7.29. The van der Waals surface area contributed by atoms with Crippen molar-refractivity contribution >= 4 is 26.5 Å². The Labute approximate surface area is 252 Å². The van der Waals surface area contributed by atoms with Crippen molar-refractivity contribution in [2.75, 3.05) is 11.9 Å². The predicted molar refractivity (Wildman–Crippen MR) is 162 cm³/mol. The van der Waals surface area contributed by atoms with Gasteiger partial charge < -0.3 is 28.6 Å². The maximum Gasteiger partial charge on any atom is 0.725 e. The van der Waals surface area contributed by atoms with E-state index in [0.717, 1.165) is 5.56 Å². The lowest BCUT2D eigenvalue weighted by molar-refractivity contribution is 0.102. The van der Waals surface area contributed by atoms with Crippen molar-refractivity contribution < 1.29 is 27.6 Å². The summed E-state index contributed by atoms with van der Waals surface area (Å²) < 4.78 is 21.9. The topological polar surface area (TPSA) is 134 Å². The molecule has 2 N–H and O–H groups in total. The molecule has 11 nitrogen and oxygen atoms in total. The van der Waals surface area contributed by atoms with Gasteiger partial charge in [0, 0.05) is 44.1 Å². The summed E-state index contributed by atoms with van der Waals surface area (Å²) in [5, 5.41) is 5.50. The molecular formula is C31H31N5O6Si. The van der Waals surface area contributed by atoms with Gasteiger partial charge in [0.1, 0.15) is 17.4 Å². The van der Waals surface area contributed by atoms with Gasteiger partial charge in [-0.15, -0.1) is 0 Å². The lowest BCUT2D eigenvalue weighted by atomic mass is 10.1. The van der Waals surface area contributed by atoms with Crippen LogP contribution in [-0.4, -0.2) is 42.3 Å². The Morgan fingerprint density at radius 3 is 1.88 bits per heavy atom. The number of anilines is 1. The van der Waals surface area contributed by atoms with Crippen LogP contribution in [0, 0.1) is 49.9 Å². The molecule has 3 rings (SSSR count). The first kappa shape index (κ1) is 32.0. The van der Waals surface area contributed by atoms with Crippen LogP contribution in [0.25, 0.3) is 11.4 Å². The third-order valence-electron chi connectivity index (χ3n) is 5.44. The first-order valence-corrected chi connectivity index (χ1v) is 15.2. The molecule has 12 heteroatoms. The number of nitrogens with one attached hydrogen (secondary N) is 2. The van der Waals surface area contributed by atoms with Gasteiger partial charge in [0.15, 0.2) is 5.82 Å². The molecule has 0 spiro atoms. The van der Waals surface area contributed by atoms with E-state index >= 15 is 0 Å². The van der Waals surface area contributed by atoms with Crippen molar-refractivity contribution in [1.29, 1.82) is 0 Å². The summed E-state index contributed by atoms with van der Waals surface area (Å²) in [4.78, 5) is 37.9. The van der Waals surface area contributed by atoms with E-state index in [1.807, 2.05) is 26.0 Å². The zero-order valence-corrected chi connectivity index (χ0v) is 25.5. The monoisotopic (exact) mass is 597 g/mol. The fourth-order valence-electron chi connectivity index (χ4n) is 3.57. The molecule has 0 aliphatic carbocycles. The average molecular weight is 598 g/mol. The van der Waals surface area contributed by atoms with E-state index in [1.54, 1.807) is 45.0 Å². The minimum atomic E-state index is -3.33. The van der Waals surface area contributed by atoms with E-state index in [2.05, 4.69) is 61.7 Å². The van der Waals surface area contributed by atoms with Gasteiger partial charge in [0.05, 0.1) is 24.4 Å². The number of nitrogens with zero attached hydrogens (tertiary/aromatic N) is 3. The Bertz CT molecular complexity index is 1540. The van der Waals surface area contributed by atoms with Crippen molar-refractivity contribution in [3.05, 3.63) is 65.7 Å². The van der Waals surface area contributed by atoms with Crippen LogP contribution in [0.1, 0.15) is 49.2 Å². The zero-order valence-electron chi connectivity index (χ0n) is 24.5. The van der Waals surface area contributed by atoms with E-state index in [9.17, 15) is 9.59 Å². The molecule has 0 unspecified atom stereocenters. The molecule has 3 aromatic rings. The summed E-state index contributed by atoms with van der Waals surface area (Å²) >= 11 is 0. The van der Waals surface area contributed by atoms with Crippen molar-refractivity contribution in [3.8, 4) is 53.2 Å². The Kier molecular flexibility index (Phi) is 12.0. The third kappa shape index (κ3) is 10.1. The fraction of sp³-hybridized carbons (Fsp3) is 0.258. The molecular weight excluding hydrogens is 566 g/mol. The van der Waals surface area contributed by atoms with Gasteiger partial charge >= 0.3 is 14.9 Å². The number of aryl methyl sites for hydroxylation is 2. The lowest BCUT2D eigenvalue weighted by Gasteiger charge is -2.21. The first-order valence-electron chi connectivity index (χ1n) is 13.2. The Balaban J connectivity index is 1.50. The minimum absolute atomic E-state index is 0.244. The van der Waals surface area contributed by atoms with Crippen LogP contribution >= 0.6 is 0 Å². The highest BCUT2D eigenvalue weighted by atomic mass is 28.4. The van der Waals surface area contributed by atoms with Gasteiger partial charge in [-0.2, -0.15) is 0 Å². The molecule has 43 heavy (non-hydrogen) atoms. The SMILES string of the molecule is CC#CO[Si](CCCNC(=O)Oc1ccc(C(=O)Nc2ccc(-c3nc(C)nc(C)n3)cc2)cc1)(OC#CC)OC#CC. The largest absolute Gasteiger partial charge is 0.725 e. The second-order valence-corrected chi connectivity index (χ2v) is 11.3. The summed E-state index contributed by atoms with van der Waals surface area (Å²) in [5.41, 5.74) is 1.81. The van der Waals surface area contributed by atoms with Crippen LogP contribution < -0.4 is 15.4 Å². The van der Waals surface area contributed by atoms with Gasteiger partial charge in [0.2, 0.25) is 0 Å². The molecule has 0 aliphatic rings. The Morgan fingerprint density at radius 1 is 0.791 bits per heavy atom. The fourth-order valence-corrected chi connectivity index (χ4v) is 5.38. The first-order chi connectivity index (χ1) is 20.8. The maximum atomic E-state index is 12.7. The second kappa shape index (κ2) is 16.1. The van der Waals surface area contributed by atoms with E-state index < -0.39 is 14.9 Å². The second-order valence-electron chi connectivity index (χ2n) is 8.77. The van der Waals surface area contributed by atoms with Gasteiger partial charge in [-0.05, 0) is 68.8 Å². The highest BCUT2D eigenvalue weighted by Gasteiger charge is 2.48. The molecule has 220 valence electrons. The highest BCUT2D eigenvalue weighted by molar-refractivity contribution is 6.61. The number of amides is 2. The van der Waals surface area contributed by atoms with Crippen LogP contribution in [-0.2, 0) is 13.3 Å². The third-order valence-corrected chi connectivity index (χ3v) is 7.65. The number of benzene rings is 2. The molecule has 0 saturated heterocycles. The van der Waals surface area contributed by atoms with Crippen LogP contribution in [0.15, 0.2) is 48.5 Å². The maximum absolute atomic E-state index is 12.7. The molecule has 0 saturated carbocycles. The van der Waals surface area contributed by atoms with Gasteiger partial charge in [-0.25, -0.2) is 19.7 Å². The number of carbonyl (C=O) groups is 2. The van der Waals surface area contributed by atoms with Gasteiger partial charge in [-0.1, -0.05) is 17.8 Å². The number of hydrogen-bond donors (Lipinski definition) is 2. The van der Waals surface area contributed by atoms with Crippen molar-refractivity contribution in [3.63, 3.8) is 0 Å². The van der Waals surface area contributed by atoms with E-state index in [4.69, 9.17) is 18.0 Å². The Hall–Kier alpha value is -5.51. The number of aromatic nitrogens is 3. The summed E-state index contributed by atoms with van der Waals surface area (Å²) in [5.74, 6) is 9.69. The molecule has 2 aromatic carbocycles. The lowest BCUT2D eigenvalue weighted by Crippen LogP contribution is -2.43. The van der Waals surface area contributed by atoms with Crippen LogP contribution in [0.2, 0.25) is 6.04 Å². The molecule has 0 bridgehead atoms. The van der Waals surface area contributed by atoms with Crippen molar-refractivity contribution in [1.82, 2.24) is 20.3 Å². The molecule has 1 aromatic heterocycles. The number of carbonyl (C=O) groups excluding carboxylic acids is 2. The molecule has 1 heterocycles. The van der Waals surface area contributed by atoms with E-state index in [1.165, 1.54) is 12.1 Å². The van der Waals surface area contributed by atoms with Crippen LogP contribution in [0.3, 0.4) is 0 Å². The zero-order chi connectivity index (χ0) is 31.1. The standard InChI is InChI=1S/C31H31N5O6Si/c1-6-19-39-43(40-20-7-2,41-21-8-3)22-9-18-32-31(38)42-28-16-12-26(13-17-28)30(37)36-27-14-10-25(11-15-27)29-34-23(4)33-24(5)35-29/h10-17H,9,18,22H2,1-5H3,(H,32,38)(H,36,37). The highest BCUT2D eigenvalue weighted by Crippen LogP contribution is 2.20. The normalized spacial score (nSPS) is 9.88. The molecule has 0 fully saturated rings. The number of hydrogen-bond acceptors (Lipinski definition) is 9. The average Bonchev–Trinajstić information content (AvgIpc) is 3.00. The van der Waals surface area contributed by atoms with Crippen LogP contribution in [0.4, 0.5) is 10.5 Å². The Morgan fingerprint density at radius 2 is 1.35 bits per heavy atom. The number of ether oxygens (including phenoxy) is 1. The predicted octanol–water partition coefficient (Wildman–Crippen LogP) is 4.82. The quantitative estimate of drug-likeness (QED) is 0.181. The molecule has 0 aliphatic heterocycles. The number of rotatable bonds is 11. The molecule has 0 radical (unpaired) electrons. The van der Waals surface area contributed by atoms with Crippen molar-refractivity contribution in [2.45, 2.75) is 47.1 Å². The molecule has 0 atom stereocenters. The van der Waals surface area contributed by atoms with E-state index in [0.29, 0.717) is 41.2 Å². The summed E-state index contributed by atoms with van der Waals surface area (Å²) in [6, 6.07) is 13.7. The van der Waals surface area contributed by atoms with E-state index in [-0.39, 0.29) is 18.2 Å². The summed E-state index contributed by atoms with van der Waals surface area (Å²) in [6.45, 7) is 8.72. The van der Waals surface area contributed by atoms with Crippen molar-refractivity contribution in [2.24, 2.45) is 0 Å². The summed E-state index contributed by atoms with van der Waals surface area (Å²) in [7, 11) is -3.33. The van der Waals surface area contributed by atoms with Gasteiger partial charge in [-0.3, -0.25) is 4.79 Å². The van der Waals surface area contributed by atoms with Gasteiger partial charge in [0.25, 0.3) is 5.91 Å². The van der Waals surface area contributed by atoms with Crippen LogP contribution in [0.5, 0.6) is 5.75 Å². The smallest absolute Gasteiger partial charge is 0.432 e. The molecule has 2 amide bonds.